The molecule has 0 N–H and O–H groups in total. The second-order valence-electron chi connectivity index (χ2n) is 3.28. The van der Waals surface area contributed by atoms with Crippen molar-refractivity contribution in [3.8, 4) is 11.3 Å². The van der Waals surface area contributed by atoms with Crippen LogP contribution in [0.1, 0.15) is 11.3 Å². The molecule has 0 bridgehead atoms. The molecule has 0 spiro atoms. The Morgan fingerprint density at radius 3 is 2.80 bits per heavy atom. The molecule has 1 aromatic heterocycles. The van der Waals surface area contributed by atoms with Crippen LogP contribution in [0.15, 0.2) is 28.8 Å². The Kier molecular flexibility index (Phi) is 2.73. The number of benzene rings is 1. The highest BCUT2D eigenvalue weighted by atomic mass is 35.5. The van der Waals surface area contributed by atoms with E-state index in [4.69, 9.17) is 16.1 Å². The summed E-state index contributed by atoms with van der Waals surface area (Å²) in [5, 5.41) is 3.85. The fraction of sp³-hybridized carbons (Fsp3) is 0.182. The second-order valence-corrected chi connectivity index (χ2v) is 3.54. The minimum Gasteiger partial charge on any atom is -0.359 e. The van der Waals surface area contributed by atoms with Gasteiger partial charge in [0.05, 0.1) is 5.88 Å². The average Bonchev–Trinajstić information content (AvgIpc) is 2.70. The van der Waals surface area contributed by atoms with Crippen LogP contribution in [-0.4, -0.2) is 5.16 Å². The topological polar surface area (TPSA) is 26.0 Å². The first-order valence-corrected chi connectivity index (χ1v) is 5.02. The van der Waals surface area contributed by atoms with E-state index >= 15 is 0 Å². The van der Waals surface area contributed by atoms with E-state index in [1.54, 1.807) is 25.1 Å². The fourth-order valence-electron chi connectivity index (χ4n) is 1.32. The van der Waals surface area contributed by atoms with Crippen molar-refractivity contribution in [2.24, 2.45) is 0 Å². The lowest BCUT2D eigenvalue weighted by molar-refractivity contribution is 0.396. The van der Waals surface area contributed by atoms with E-state index in [1.807, 2.05) is 0 Å². The first-order valence-electron chi connectivity index (χ1n) is 4.49. The lowest BCUT2D eigenvalue weighted by Crippen LogP contribution is -1.83. The smallest absolute Gasteiger partial charge is 0.152 e. The number of alkyl halides is 1. The van der Waals surface area contributed by atoms with Crippen LogP contribution in [0.4, 0.5) is 4.39 Å². The van der Waals surface area contributed by atoms with E-state index in [2.05, 4.69) is 5.16 Å². The summed E-state index contributed by atoms with van der Waals surface area (Å²) in [5.41, 5.74) is 2.09. The van der Waals surface area contributed by atoms with Crippen molar-refractivity contribution < 1.29 is 8.91 Å². The Balaban J connectivity index is 2.40. The van der Waals surface area contributed by atoms with Gasteiger partial charge < -0.3 is 4.52 Å². The highest BCUT2D eigenvalue weighted by molar-refractivity contribution is 6.16. The molecule has 0 aliphatic heterocycles. The van der Waals surface area contributed by atoms with Crippen LogP contribution < -0.4 is 0 Å². The second kappa shape index (κ2) is 4.03. The molecular formula is C11H9ClFNO. The molecule has 4 heteroatoms. The molecule has 2 aromatic rings. The van der Waals surface area contributed by atoms with Crippen molar-refractivity contribution in [1.29, 1.82) is 0 Å². The van der Waals surface area contributed by atoms with Crippen LogP contribution in [0.3, 0.4) is 0 Å². The molecule has 0 saturated carbocycles. The summed E-state index contributed by atoms with van der Waals surface area (Å²) >= 11 is 5.59. The van der Waals surface area contributed by atoms with Gasteiger partial charge in [0.25, 0.3) is 0 Å². The Morgan fingerprint density at radius 2 is 2.20 bits per heavy atom. The largest absolute Gasteiger partial charge is 0.359 e. The van der Waals surface area contributed by atoms with E-state index in [1.165, 1.54) is 6.07 Å². The quantitative estimate of drug-likeness (QED) is 0.731. The zero-order valence-electron chi connectivity index (χ0n) is 8.13. The Bertz CT molecular complexity index is 481. The summed E-state index contributed by atoms with van der Waals surface area (Å²) in [6.07, 6.45) is 0. The number of halogens is 2. The Labute approximate surface area is 91.7 Å². The lowest BCUT2D eigenvalue weighted by Gasteiger charge is -1.98. The van der Waals surface area contributed by atoms with Crippen molar-refractivity contribution in [2.75, 3.05) is 0 Å². The van der Waals surface area contributed by atoms with Gasteiger partial charge in [-0.3, -0.25) is 0 Å². The van der Waals surface area contributed by atoms with Gasteiger partial charge in [0.1, 0.15) is 11.5 Å². The summed E-state index contributed by atoms with van der Waals surface area (Å²) in [4.78, 5) is 0. The maximum absolute atomic E-state index is 13.0. The zero-order valence-corrected chi connectivity index (χ0v) is 8.88. The molecule has 15 heavy (non-hydrogen) atoms. The summed E-state index contributed by atoms with van der Waals surface area (Å²) in [6.45, 7) is 1.71. The van der Waals surface area contributed by atoms with Gasteiger partial charge in [0, 0.05) is 11.6 Å². The normalized spacial score (nSPS) is 10.6. The summed E-state index contributed by atoms with van der Waals surface area (Å²) in [5.74, 6) is 0.668. The maximum atomic E-state index is 13.0. The molecule has 0 fully saturated rings. The van der Waals surface area contributed by atoms with Crippen LogP contribution in [0.2, 0.25) is 0 Å². The number of aryl methyl sites for hydroxylation is 1. The van der Waals surface area contributed by atoms with E-state index in [-0.39, 0.29) is 11.7 Å². The van der Waals surface area contributed by atoms with Crippen LogP contribution in [0.25, 0.3) is 11.3 Å². The highest BCUT2D eigenvalue weighted by Crippen LogP contribution is 2.22. The van der Waals surface area contributed by atoms with Gasteiger partial charge >= 0.3 is 0 Å². The SMILES string of the molecule is Cc1cc(-c2cc(CCl)on2)ccc1F. The van der Waals surface area contributed by atoms with Crippen molar-refractivity contribution in [3.05, 3.63) is 41.4 Å². The summed E-state index contributed by atoms with van der Waals surface area (Å²) in [6, 6.07) is 6.56. The molecule has 0 radical (unpaired) electrons. The van der Waals surface area contributed by atoms with Crippen LogP contribution in [-0.2, 0) is 5.88 Å². The van der Waals surface area contributed by atoms with E-state index in [9.17, 15) is 4.39 Å². The van der Waals surface area contributed by atoms with Crippen LogP contribution >= 0.6 is 11.6 Å². The van der Waals surface area contributed by atoms with Gasteiger partial charge in [-0.25, -0.2) is 4.39 Å². The molecule has 1 heterocycles. The highest BCUT2D eigenvalue weighted by Gasteiger charge is 2.07. The third-order valence-electron chi connectivity index (χ3n) is 2.14. The minimum atomic E-state index is -0.222. The molecule has 2 nitrogen and oxygen atoms in total. The van der Waals surface area contributed by atoms with Gasteiger partial charge in [-0.15, -0.1) is 11.6 Å². The van der Waals surface area contributed by atoms with Crippen molar-refractivity contribution in [1.82, 2.24) is 5.16 Å². The molecule has 0 atom stereocenters. The van der Waals surface area contributed by atoms with E-state index < -0.39 is 0 Å². The molecular weight excluding hydrogens is 217 g/mol. The lowest BCUT2D eigenvalue weighted by atomic mass is 10.1. The molecule has 0 unspecified atom stereocenters. The summed E-state index contributed by atoms with van der Waals surface area (Å²) in [7, 11) is 0. The van der Waals surface area contributed by atoms with Gasteiger partial charge in [0.2, 0.25) is 0 Å². The summed E-state index contributed by atoms with van der Waals surface area (Å²) < 4.78 is 18.0. The first kappa shape index (κ1) is 10.2. The average molecular weight is 226 g/mol. The van der Waals surface area contributed by atoms with Gasteiger partial charge in [0.15, 0.2) is 5.76 Å². The van der Waals surface area contributed by atoms with Gasteiger partial charge in [-0.1, -0.05) is 5.16 Å². The number of rotatable bonds is 2. The molecule has 0 aliphatic carbocycles. The first-order chi connectivity index (χ1) is 7.20. The molecule has 2 rings (SSSR count). The van der Waals surface area contributed by atoms with Gasteiger partial charge in [-0.05, 0) is 30.7 Å². The Hall–Kier alpha value is -1.35. The van der Waals surface area contributed by atoms with E-state index in [0.29, 0.717) is 17.0 Å². The maximum Gasteiger partial charge on any atom is 0.152 e. The number of hydrogen-bond donors (Lipinski definition) is 0. The molecule has 0 saturated heterocycles. The van der Waals surface area contributed by atoms with Crippen molar-refractivity contribution in [2.45, 2.75) is 12.8 Å². The third-order valence-corrected chi connectivity index (χ3v) is 2.41. The number of hydrogen-bond acceptors (Lipinski definition) is 2. The monoisotopic (exact) mass is 225 g/mol. The third kappa shape index (κ3) is 2.02. The van der Waals surface area contributed by atoms with Crippen LogP contribution in [0, 0.1) is 12.7 Å². The molecule has 0 aliphatic rings. The van der Waals surface area contributed by atoms with E-state index in [0.717, 1.165) is 5.56 Å². The molecule has 1 aromatic carbocycles. The Morgan fingerprint density at radius 1 is 1.40 bits per heavy atom. The minimum absolute atomic E-state index is 0.222. The molecule has 0 amide bonds. The number of aromatic nitrogens is 1. The van der Waals surface area contributed by atoms with Crippen molar-refractivity contribution in [3.63, 3.8) is 0 Å². The van der Waals surface area contributed by atoms with Crippen molar-refractivity contribution >= 4 is 11.6 Å². The molecule has 78 valence electrons. The predicted molar refractivity (Wildman–Crippen MR) is 56.2 cm³/mol. The number of nitrogens with zero attached hydrogens (tertiary/aromatic N) is 1. The fourth-order valence-corrected chi connectivity index (χ4v) is 1.44. The standard InChI is InChI=1S/C11H9ClFNO/c1-7-4-8(2-3-10(7)13)11-5-9(6-12)15-14-11/h2-5H,6H2,1H3. The van der Waals surface area contributed by atoms with Gasteiger partial charge in [-0.2, -0.15) is 0 Å². The predicted octanol–water partition coefficient (Wildman–Crippen LogP) is 3.53. The zero-order chi connectivity index (χ0) is 10.8. The van der Waals surface area contributed by atoms with Crippen LogP contribution in [0.5, 0.6) is 0 Å².